The number of pyridine rings is 1. The molecule has 5 nitrogen and oxygen atoms in total. The van der Waals surface area contributed by atoms with E-state index in [9.17, 15) is 4.79 Å². The Kier molecular flexibility index (Phi) is 4.89. The molecule has 0 aliphatic carbocycles. The number of aromatic nitrogens is 3. The van der Waals surface area contributed by atoms with Gasteiger partial charge in [0.15, 0.2) is 0 Å². The standard InChI is InChI=1S/C21H18N4OS/c1-15(25-14-23-19-4-2-3-5-20(19)25)21(26)24-16-6-8-17(9-7-16)27-18-10-12-22-13-11-18/h2-15H,1H3,(H,24,26). The molecule has 2 aromatic heterocycles. The number of carbonyl (C=O) groups is 1. The minimum atomic E-state index is -0.358. The average Bonchev–Trinajstić information content (AvgIpc) is 3.14. The first-order valence-electron chi connectivity index (χ1n) is 8.61. The van der Waals surface area contributed by atoms with Crippen molar-refractivity contribution in [1.82, 2.24) is 14.5 Å². The van der Waals surface area contributed by atoms with Gasteiger partial charge in [-0.1, -0.05) is 23.9 Å². The Morgan fingerprint density at radius 1 is 1.00 bits per heavy atom. The van der Waals surface area contributed by atoms with Gasteiger partial charge in [0.05, 0.1) is 17.4 Å². The van der Waals surface area contributed by atoms with Crippen molar-refractivity contribution in [1.29, 1.82) is 0 Å². The van der Waals surface area contributed by atoms with Gasteiger partial charge in [0.2, 0.25) is 5.91 Å². The van der Waals surface area contributed by atoms with Crippen LogP contribution >= 0.6 is 11.8 Å². The number of rotatable bonds is 5. The lowest BCUT2D eigenvalue weighted by Crippen LogP contribution is -2.23. The zero-order valence-corrected chi connectivity index (χ0v) is 15.6. The summed E-state index contributed by atoms with van der Waals surface area (Å²) in [4.78, 5) is 23.3. The number of anilines is 1. The Labute approximate surface area is 161 Å². The fourth-order valence-electron chi connectivity index (χ4n) is 2.81. The number of nitrogens with one attached hydrogen (secondary N) is 1. The normalized spacial score (nSPS) is 12.0. The summed E-state index contributed by atoms with van der Waals surface area (Å²) in [6.45, 7) is 1.87. The number of hydrogen-bond donors (Lipinski definition) is 1. The van der Waals surface area contributed by atoms with E-state index in [4.69, 9.17) is 0 Å². The number of imidazole rings is 1. The summed E-state index contributed by atoms with van der Waals surface area (Å²) in [5.41, 5.74) is 2.61. The summed E-state index contributed by atoms with van der Waals surface area (Å²) >= 11 is 1.66. The van der Waals surface area contributed by atoms with Gasteiger partial charge >= 0.3 is 0 Å². The van der Waals surface area contributed by atoms with E-state index in [0.717, 1.165) is 26.5 Å². The van der Waals surface area contributed by atoms with Crippen molar-refractivity contribution in [3.8, 4) is 0 Å². The van der Waals surface area contributed by atoms with E-state index in [1.165, 1.54) is 0 Å². The molecule has 2 heterocycles. The molecule has 2 aromatic carbocycles. The van der Waals surface area contributed by atoms with Crippen molar-refractivity contribution in [2.45, 2.75) is 22.8 Å². The fraction of sp³-hybridized carbons (Fsp3) is 0.0952. The smallest absolute Gasteiger partial charge is 0.247 e. The molecule has 1 unspecified atom stereocenters. The number of carbonyl (C=O) groups excluding carboxylic acids is 1. The van der Waals surface area contributed by atoms with Gasteiger partial charge in [-0.05, 0) is 55.5 Å². The Hall–Kier alpha value is -3.12. The van der Waals surface area contributed by atoms with Crippen LogP contribution in [0, 0.1) is 0 Å². The highest BCUT2D eigenvalue weighted by molar-refractivity contribution is 7.99. The van der Waals surface area contributed by atoms with Gasteiger partial charge in [0.1, 0.15) is 6.04 Å². The van der Waals surface area contributed by atoms with Crippen molar-refractivity contribution < 1.29 is 4.79 Å². The molecular weight excluding hydrogens is 356 g/mol. The van der Waals surface area contributed by atoms with Gasteiger partial charge in [-0.3, -0.25) is 9.78 Å². The summed E-state index contributed by atoms with van der Waals surface area (Å²) in [7, 11) is 0. The molecule has 0 saturated carbocycles. The first-order valence-corrected chi connectivity index (χ1v) is 9.43. The predicted molar refractivity (Wildman–Crippen MR) is 108 cm³/mol. The summed E-state index contributed by atoms with van der Waals surface area (Å²) in [5, 5.41) is 2.98. The molecule has 0 aliphatic rings. The zero-order chi connectivity index (χ0) is 18.6. The minimum Gasteiger partial charge on any atom is -0.324 e. The molecule has 0 radical (unpaired) electrons. The summed E-state index contributed by atoms with van der Waals surface area (Å²) < 4.78 is 1.89. The second-order valence-corrected chi connectivity index (χ2v) is 7.26. The van der Waals surface area contributed by atoms with Crippen LogP contribution in [0.25, 0.3) is 11.0 Å². The van der Waals surface area contributed by atoms with Crippen LogP contribution in [0.5, 0.6) is 0 Å². The van der Waals surface area contributed by atoms with Gasteiger partial charge < -0.3 is 9.88 Å². The molecule has 0 fully saturated rings. The van der Waals surface area contributed by atoms with E-state index in [1.807, 2.05) is 72.2 Å². The van der Waals surface area contributed by atoms with Crippen LogP contribution in [0.3, 0.4) is 0 Å². The molecule has 4 rings (SSSR count). The van der Waals surface area contributed by atoms with Crippen molar-refractivity contribution in [2.24, 2.45) is 0 Å². The predicted octanol–water partition coefficient (Wildman–Crippen LogP) is 4.78. The molecule has 0 saturated heterocycles. The molecule has 1 atom stereocenters. The number of amides is 1. The largest absolute Gasteiger partial charge is 0.324 e. The number of benzene rings is 2. The number of para-hydroxylation sites is 2. The Morgan fingerprint density at radius 2 is 1.70 bits per heavy atom. The monoisotopic (exact) mass is 374 g/mol. The van der Waals surface area contributed by atoms with Crippen LogP contribution in [0.1, 0.15) is 13.0 Å². The van der Waals surface area contributed by atoms with E-state index in [-0.39, 0.29) is 11.9 Å². The van der Waals surface area contributed by atoms with Crippen LogP contribution in [-0.2, 0) is 4.79 Å². The highest BCUT2D eigenvalue weighted by Gasteiger charge is 2.17. The molecule has 4 aromatic rings. The lowest BCUT2D eigenvalue weighted by molar-refractivity contribution is -0.118. The maximum atomic E-state index is 12.7. The highest BCUT2D eigenvalue weighted by atomic mass is 32.2. The van der Waals surface area contributed by atoms with Gasteiger partial charge in [-0.15, -0.1) is 0 Å². The lowest BCUT2D eigenvalue weighted by Gasteiger charge is -2.15. The second-order valence-electron chi connectivity index (χ2n) is 6.12. The van der Waals surface area contributed by atoms with E-state index in [1.54, 1.807) is 30.5 Å². The fourth-order valence-corrected chi connectivity index (χ4v) is 3.61. The molecule has 6 heteroatoms. The molecule has 0 spiro atoms. The second kappa shape index (κ2) is 7.63. The summed E-state index contributed by atoms with van der Waals surface area (Å²) in [6, 6.07) is 19.2. The van der Waals surface area contributed by atoms with Gasteiger partial charge in [0, 0.05) is 27.9 Å². The third-order valence-electron chi connectivity index (χ3n) is 4.29. The SMILES string of the molecule is CC(C(=O)Nc1ccc(Sc2ccncc2)cc1)n1cnc2ccccc21. The summed E-state index contributed by atoms with van der Waals surface area (Å²) in [6.07, 6.45) is 5.26. The lowest BCUT2D eigenvalue weighted by atomic mass is 10.2. The van der Waals surface area contributed by atoms with Crippen LogP contribution < -0.4 is 5.32 Å². The number of nitrogens with zero attached hydrogens (tertiary/aromatic N) is 3. The van der Waals surface area contributed by atoms with E-state index < -0.39 is 0 Å². The zero-order valence-electron chi connectivity index (χ0n) is 14.7. The Bertz CT molecular complexity index is 1060. The van der Waals surface area contributed by atoms with Crippen LogP contribution in [0.4, 0.5) is 5.69 Å². The van der Waals surface area contributed by atoms with Crippen LogP contribution in [-0.4, -0.2) is 20.4 Å². The Balaban J connectivity index is 1.44. The van der Waals surface area contributed by atoms with E-state index in [2.05, 4.69) is 15.3 Å². The maximum Gasteiger partial charge on any atom is 0.247 e. The van der Waals surface area contributed by atoms with E-state index in [0.29, 0.717) is 0 Å². The molecular formula is C21H18N4OS. The van der Waals surface area contributed by atoms with Crippen molar-refractivity contribution in [2.75, 3.05) is 5.32 Å². The molecule has 134 valence electrons. The van der Waals surface area contributed by atoms with E-state index >= 15 is 0 Å². The first kappa shape index (κ1) is 17.3. The molecule has 1 amide bonds. The topological polar surface area (TPSA) is 59.8 Å². The first-order chi connectivity index (χ1) is 13.2. The third kappa shape index (κ3) is 3.85. The minimum absolute atomic E-state index is 0.0762. The van der Waals surface area contributed by atoms with Gasteiger partial charge in [0.25, 0.3) is 0 Å². The molecule has 0 bridgehead atoms. The number of fused-ring (bicyclic) bond motifs is 1. The Morgan fingerprint density at radius 3 is 2.48 bits per heavy atom. The summed E-state index contributed by atoms with van der Waals surface area (Å²) in [5.74, 6) is -0.0762. The van der Waals surface area contributed by atoms with Gasteiger partial charge in [-0.2, -0.15) is 0 Å². The van der Waals surface area contributed by atoms with Crippen molar-refractivity contribution in [3.05, 3.63) is 79.4 Å². The number of hydrogen-bond acceptors (Lipinski definition) is 4. The molecule has 27 heavy (non-hydrogen) atoms. The van der Waals surface area contributed by atoms with Gasteiger partial charge in [-0.25, -0.2) is 4.98 Å². The van der Waals surface area contributed by atoms with Crippen LogP contribution in [0.2, 0.25) is 0 Å². The van der Waals surface area contributed by atoms with Crippen molar-refractivity contribution in [3.63, 3.8) is 0 Å². The highest BCUT2D eigenvalue weighted by Crippen LogP contribution is 2.28. The molecule has 1 N–H and O–H groups in total. The van der Waals surface area contributed by atoms with Crippen LogP contribution in [0.15, 0.2) is 89.2 Å². The quantitative estimate of drug-likeness (QED) is 0.546. The third-order valence-corrected chi connectivity index (χ3v) is 5.30. The average molecular weight is 374 g/mol. The maximum absolute atomic E-state index is 12.7. The molecule has 0 aliphatic heterocycles. The van der Waals surface area contributed by atoms with Crippen molar-refractivity contribution >= 4 is 34.4 Å².